The summed E-state index contributed by atoms with van der Waals surface area (Å²) in [4.78, 5) is 7.80. The van der Waals surface area contributed by atoms with E-state index in [0.717, 1.165) is 11.4 Å². The third kappa shape index (κ3) is 2.42. The van der Waals surface area contributed by atoms with Crippen LogP contribution >= 0.6 is 0 Å². The van der Waals surface area contributed by atoms with Gasteiger partial charge in [0, 0.05) is 31.8 Å². The average Bonchev–Trinajstić information content (AvgIpc) is 1.59. The van der Waals surface area contributed by atoms with Crippen LogP contribution in [0.25, 0.3) is 0 Å². The van der Waals surface area contributed by atoms with E-state index in [1.165, 1.54) is 0 Å². The van der Waals surface area contributed by atoms with Gasteiger partial charge in [0.15, 0.2) is 0 Å². The Morgan fingerprint density at radius 1 is 1.20 bits per heavy atom. The van der Waals surface area contributed by atoms with Crippen molar-refractivity contribution in [2.24, 2.45) is 0 Å². The minimum Gasteiger partial charge on any atom is -0.368 e. The van der Waals surface area contributed by atoms with Crippen molar-refractivity contribution in [2.75, 3.05) is 5.73 Å². The number of aryl methyl sites for hydroxylation is 2. The molecule has 0 aromatic carbocycles. The molecule has 0 saturated heterocycles. The molecule has 58 valence electrons. The zero-order valence-corrected chi connectivity index (χ0v) is 7.42. The number of hydrogen-bond acceptors (Lipinski definition) is 3. The standard InChI is InChI=1S/C6H9N3.Pd/c1-4-3-5(2)9-6(7)8-4;/h3H,1-2H3,(H2,7,8,9);. The van der Waals surface area contributed by atoms with Gasteiger partial charge in [0.1, 0.15) is 0 Å². The van der Waals surface area contributed by atoms with Gasteiger partial charge < -0.3 is 5.73 Å². The molecule has 0 aliphatic carbocycles. The van der Waals surface area contributed by atoms with Crippen LogP contribution in [0.1, 0.15) is 11.4 Å². The second-order valence-electron chi connectivity index (χ2n) is 2.01. The van der Waals surface area contributed by atoms with Gasteiger partial charge in [-0.05, 0) is 19.9 Å². The van der Waals surface area contributed by atoms with Crippen LogP contribution in [0.2, 0.25) is 0 Å². The van der Waals surface area contributed by atoms with Crippen LogP contribution < -0.4 is 5.73 Å². The smallest absolute Gasteiger partial charge is 0.220 e. The zero-order valence-electron chi connectivity index (χ0n) is 5.87. The van der Waals surface area contributed by atoms with E-state index in [9.17, 15) is 0 Å². The molecule has 0 unspecified atom stereocenters. The number of hydrogen-bond donors (Lipinski definition) is 1. The summed E-state index contributed by atoms with van der Waals surface area (Å²) >= 11 is 0. The van der Waals surface area contributed by atoms with Crippen molar-refractivity contribution in [3.63, 3.8) is 0 Å². The third-order valence-corrected chi connectivity index (χ3v) is 1.000. The van der Waals surface area contributed by atoms with Gasteiger partial charge in [-0.3, -0.25) is 0 Å². The van der Waals surface area contributed by atoms with E-state index < -0.39 is 0 Å². The molecular weight excluding hydrogens is 221 g/mol. The average molecular weight is 230 g/mol. The molecule has 0 spiro atoms. The van der Waals surface area contributed by atoms with E-state index in [1.54, 1.807) is 0 Å². The van der Waals surface area contributed by atoms with Crippen molar-refractivity contribution < 1.29 is 20.4 Å². The molecule has 0 saturated carbocycles. The number of rotatable bonds is 0. The van der Waals surface area contributed by atoms with Crippen LogP contribution in [0, 0.1) is 13.8 Å². The molecule has 0 fully saturated rings. The number of nitrogen functional groups attached to an aromatic ring is 1. The minimum atomic E-state index is 0. The molecule has 4 heteroatoms. The Morgan fingerprint density at radius 3 is 1.90 bits per heavy atom. The molecule has 1 rings (SSSR count). The Labute approximate surface area is 73.7 Å². The van der Waals surface area contributed by atoms with Gasteiger partial charge in [-0.1, -0.05) is 0 Å². The van der Waals surface area contributed by atoms with Gasteiger partial charge in [0.05, 0.1) is 0 Å². The first-order valence-corrected chi connectivity index (χ1v) is 2.76. The molecule has 0 aliphatic heterocycles. The molecule has 1 aromatic rings. The Kier molecular flexibility index (Phi) is 3.48. The molecule has 0 radical (unpaired) electrons. The van der Waals surface area contributed by atoms with Crippen LogP contribution in [-0.2, 0) is 20.4 Å². The van der Waals surface area contributed by atoms with Crippen molar-refractivity contribution >= 4 is 5.95 Å². The van der Waals surface area contributed by atoms with Gasteiger partial charge in [0.2, 0.25) is 5.95 Å². The van der Waals surface area contributed by atoms with Gasteiger partial charge in [-0.2, -0.15) is 0 Å². The zero-order chi connectivity index (χ0) is 6.85. The maximum absolute atomic E-state index is 5.34. The second kappa shape index (κ2) is 3.65. The molecule has 0 amide bonds. The Bertz CT molecular complexity index is 174. The van der Waals surface area contributed by atoms with Crippen molar-refractivity contribution in [1.82, 2.24) is 9.97 Å². The van der Waals surface area contributed by atoms with Gasteiger partial charge in [-0.15, -0.1) is 0 Å². The number of aromatic nitrogens is 2. The maximum atomic E-state index is 5.34. The molecule has 1 heterocycles. The third-order valence-electron chi connectivity index (χ3n) is 1.000. The summed E-state index contributed by atoms with van der Waals surface area (Å²) < 4.78 is 0. The molecule has 2 N–H and O–H groups in total. The summed E-state index contributed by atoms with van der Waals surface area (Å²) in [5.41, 5.74) is 7.17. The number of anilines is 1. The molecule has 1 aromatic heterocycles. The predicted octanol–water partition coefficient (Wildman–Crippen LogP) is 0.673. The van der Waals surface area contributed by atoms with E-state index in [-0.39, 0.29) is 20.4 Å². The first kappa shape index (κ1) is 9.54. The van der Waals surface area contributed by atoms with Crippen molar-refractivity contribution in [3.05, 3.63) is 17.5 Å². The molecule has 0 bridgehead atoms. The molecule has 10 heavy (non-hydrogen) atoms. The summed E-state index contributed by atoms with van der Waals surface area (Å²) in [7, 11) is 0. The fraction of sp³-hybridized carbons (Fsp3) is 0.333. The normalized spacial score (nSPS) is 8.60. The van der Waals surface area contributed by atoms with Crippen LogP contribution in [-0.4, -0.2) is 9.97 Å². The first-order chi connectivity index (χ1) is 4.18. The molecule has 3 nitrogen and oxygen atoms in total. The molecule has 0 aliphatic rings. The van der Waals surface area contributed by atoms with Crippen LogP contribution in [0.15, 0.2) is 6.07 Å². The molecular formula is C6H9N3Pd. The van der Waals surface area contributed by atoms with Gasteiger partial charge in [-0.25, -0.2) is 9.97 Å². The minimum absolute atomic E-state index is 0. The van der Waals surface area contributed by atoms with E-state index in [2.05, 4.69) is 9.97 Å². The SMILES string of the molecule is Cc1cc(C)nc(N)n1.[Pd]. The Morgan fingerprint density at radius 2 is 1.60 bits per heavy atom. The fourth-order valence-corrected chi connectivity index (χ4v) is 0.753. The number of nitrogens with two attached hydrogens (primary N) is 1. The number of nitrogens with zero attached hydrogens (tertiary/aromatic N) is 2. The summed E-state index contributed by atoms with van der Waals surface area (Å²) in [6.45, 7) is 3.79. The fourth-order valence-electron chi connectivity index (χ4n) is 0.753. The van der Waals surface area contributed by atoms with E-state index >= 15 is 0 Å². The summed E-state index contributed by atoms with van der Waals surface area (Å²) in [5.74, 6) is 0.354. The maximum Gasteiger partial charge on any atom is 0.220 e. The predicted molar refractivity (Wildman–Crippen MR) is 35.9 cm³/mol. The van der Waals surface area contributed by atoms with E-state index in [4.69, 9.17) is 5.73 Å². The van der Waals surface area contributed by atoms with Crippen molar-refractivity contribution in [1.29, 1.82) is 0 Å². The topological polar surface area (TPSA) is 51.8 Å². The first-order valence-electron chi connectivity index (χ1n) is 2.76. The summed E-state index contributed by atoms with van der Waals surface area (Å²) in [5, 5.41) is 0. The Balaban J connectivity index is 0.000000810. The monoisotopic (exact) mass is 229 g/mol. The Hall–Kier alpha value is -0.458. The van der Waals surface area contributed by atoms with Gasteiger partial charge in [0.25, 0.3) is 0 Å². The summed E-state index contributed by atoms with van der Waals surface area (Å²) in [6, 6.07) is 1.89. The molecule has 0 atom stereocenters. The van der Waals surface area contributed by atoms with Gasteiger partial charge >= 0.3 is 0 Å². The summed E-state index contributed by atoms with van der Waals surface area (Å²) in [6.07, 6.45) is 0. The van der Waals surface area contributed by atoms with Crippen LogP contribution in [0.5, 0.6) is 0 Å². The van der Waals surface area contributed by atoms with Crippen molar-refractivity contribution in [3.8, 4) is 0 Å². The van der Waals surface area contributed by atoms with E-state index in [1.807, 2.05) is 19.9 Å². The largest absolute Gasteiger partial charge is 0.368 e. The van der Waals surface area contributed by atoms with Crippen molar-refractivity contribution in [2.45, 2.75) is 13.8 Å². The second-order valence-corrected chi connectivity index (χ2v) is 2.01. The quantitative estimate of drug-likeness (QED) is 0.666. The van der Waals surface area contributed by atoms with Crippen LogP contribution in [0.3, 0.4) is 0 Å². The van der Waals surface area contributed by atoms with E-state index in [0.29, 0.717) is 5.95 Å². The van der Waals surface area contributed by atoms with Crippen LogP contribution in [0.4, 0.5) is 5.95 Å².